The van der Waals surface area contributed by atoms with Crippen LogP contribution in [-0.2, 0) is 9.59 Å². The molecule has 0 heterocycles. The van der Waals surface area contributed by atoms with Gasteiger partial charge in [0.25, 0.3) is 0 Å². The first kappa shape index (κ1) is 26.7. The second kappa shape index (κ2) is 15.7. The Labute approximate surface area is 159 Å². The smallest absolute Gasteiger partial charge is 0.328 e. The number of carbonyl (C=O) groups is 2. The van der Waals surface area contributed by atoms with Crippen LogP contribution in [0.15, 0.2) is 12.2 Å². The van der Waals surface area contributed by atoms with E-state index < -0.39 is 30.3 Å². The van der Waals surface area contributed by atoms with Crippen LogP contribution in [0.25, 0.3) is 0 Å². The van der Waals surface area contributed by atoms with Crippen molar-refractivity contribution in [3.63, 3.8) is 0 Å². The number of hydrogen-bond acceptors (Lipinski definition) is 2. The van der Waals surface area contributed by atoms with Crippen LogP contribution in [0.2, 0.25) is 17.7 Å². The zero-order valence-electron chi connectivity index (χ0n) is 17.2. The SMILES string of the molecule is CCC[CH2][Sn]([CH2]CCC)([CH2]C(C)C)[CH2]C(C)C.O=C(O)/C=C\C(=O)O. The summed E-state index contributed by atoms with van der Waals surface area (Å²) in [6.45, 7) is 14.5. The molecule has 0 amide bonds. The third kappa shape index (κ3) is 18.1. The molecular weight excluding hydrogens is 423 g/mol. The minimum Gasteiger partial charge on any atom is -0.478 e. The molecule has 0 rings (SSSR count). The van der Waals surface area contributed by atoms with Gasteiger partial charge in [0.05, 0.1) is 0 Å². The fourth-order valence-corrected chi connectivity index (χ4v) is 23.3. The van der Waals surface area contributed by atoms with Gasteiger partial charge in [-0.15, -0.1) is 0 Å². The normalized spacial score (nSPS) is 11.7. The maximum absolute atomic E-state index is 9.55. The van der Waals surface area contributed by atoms with Crippen molar-refractivity contribution in [1.29, 1.82) is 0 Å². The third-order valence-corrected chi connectivity index (χ3v) is 21.8. The monoisotopic (exact) mass is 464 g/mol. The van der Waals surface area contributed by atoms with Crippen molar-refractivity contribution < 1.29 is 19.8 Å². The molecule has 0 bridgehead atoms. The van der Waals surface area contributed by atoms with E-state index in [1.54, 1.807) is 17.7 Å². The molecule has 25 heavy (non-hydrogen) atoms. The van der Waals surface area contributed by atoms with E-state index in [0.717, 1.165) is 11.8 Å². The van der Waals surface area contributed by atoms with Crippen LogP contribution in [0.1, 0.15) is 67.2 Å². The molecule has 0 aromatic carbocycles. The summed E-state index contributed by atoms with van der Waals surface area (Å²) in [7, 11) is 0. The largest absolute Gasteiger partial charge is 0.478 e. The van der Waals surface area contributed by atoms with Gasteiger partial charge < -0.3 is 10.2 Å². The summed E-state index contributed by atoms with van der Waals surface area (Å²) in [4.78, 5) is 19.1. The summed E-state index contributed by atoms with van der Waals surface area (Å²) in [5.41, 5.74) is 0. The minimum absolute atomic E-state index is 0.558. The minimum atomic E-state index is -1.79. The van der Waals surface area contributed by atoms with Gasteiger partial charge in [-0.3, -0.25) is 0 Å². The molecule has 0 atom stereocenters. The quantitative estimate of drug-likeness (QED) is 0.273. The maximum atomic E-state index is 9.55. The van der Waals surface area contributed by atoms with Gasteiger partial charge in [-0.25, -0.2) is 9.59 Å². The zero-order chi connectivity index (χ0) is 19.9. The van der Waals surface area contributed by atoms with Crippen LogP contribution in [0.5, 0.6) is 0 Å². The van der Waals surface area contributed by atoms with E-state index in [9.17, 15) is 9.59 Å². The molecule has 0 fully saturated rings. The molecule has 0 unspecified atom stereocenters. The summed E-state index contributed by atoms with van der Waals surface area (Å²) in [6, 6.07) is 0. The predicted octanol–water partition coefficient (Wildman–Crippen LogP) is 6.06. The average Bonchev–Trinajstić information content (AvgIpc) is 2.48. The van der Waals surface area contributed by atoms with Crippen LogP contribution in [0.3, 0.4) is 0 Å². The molecule has 0 aromatic heterocycles. The van der Waals surface area contributed by atoms with Crippen LogP contribution >= 0.6 is 0 Å². The number of carboxylic acids is 2. The fraction of sp³-hybridized carbons (Fsp3) is 0.800. The number of carboxylic acid groups (broad SMARTS) is 2. The van der Waals surface area contributed by atoms with E-state index in [-0.39, 0.29) is 0 Å². The molecule has 0 saturated carbocycles. The van der Waals surface area contributed by atoms with Gasteiger partial charge in [0.2, 0.25) is 0 Å². The maximum Gasteiger partial charge on any atom is 0.328 e. The number of aliphatic carboxylic acids is 2. The summed E-state index contributed by atoms with van der Waals surface area (Å²) in [5.74, 6) is -0.628. The van der Waals surface area contributed by atoms with E-state index in [1.165, 1.54) is 25.7 Å². The van der Waals surface area contributed by atoms with Crippen LogP contribution in [-0.4, -0.2) is 40.5 Å². The first-order valence-corrected chi connectivity index (χ1v) is 17.8. The van der Waals surface area contributed by atoms with Crippen molar-refractivity contribution in [3.05, 3.63) is 12.2 Å². The molecule has 0 aliphatic carbocycles. The van der Waals surface area contributed by atoms with E-state index in [0.29, 0.717) is 12.2 Å². The van der Waals surface area contributed by atoms with Crippen molar-refractivity contribution in [2.75, 3.05) is 0 Å². The van der Waals surface area contributed by atoms with Gasteiger partial charge in [0.15, 0.2) is 0 Å². The van der Waals surface area contributed by atoms with Gasteiger partial charge in [-0.2, -0.15) is 0 Å². The van der Waals surface area contributed by atoms with E-state index >= 15 is 0 Å². The Kier molecular flexibility index (Phi) is 16.8. The predicted molar refractivity (Wildman–Crippen MR) is 109 cm³/mol. The summed E-state index contributed by atoms with van der Waals surface area (Å²) in [5, 5.41) is 15.6. The third-order valence-electron chi connectivity index (χ3n) is 4.17. The Morgan fingerprint density at radius 3 is 1.32 bits per heavy atom. The van der Waals surface area contributed by atoms with Gasteiger partial charge >= 0.3 is 127 Å². The molecule has 0 aliphatic rings. The Balaban J connectivity index is 0. The van der Waals surface area contributed by atoms with Gasteiger partial charge in [-0.1, -0.05) is 0 Å². The van der Waals surface area contributed by atoms with E-state index in [4.69, 9.17) is 10.2 Å². The second-order valence-corrected chi connectivity index (χ2v) is 21.7. The van der Waals surface area contributed by atoms with Crippen molar-refractivity contribution in [2.45, 2.75) is 85.0 Å². The van der Waals surface area contributed by atoms with Crippen LogP contribution < -0.4 is 0 Å². The number of hydrogen-bond donors (Lipinski definition) is 2. The number of unbranched alkanes of at least 4 members (excludes halogenated alkanes) is 2. The standard InChI is InChI=1S/C4H4O4.4C4H9.Sn/c5-3(6)1-2-4(7)8;2*1-4(2)3;2*1-3-4-2;/h1-2H,(H,5,6)(H,7,8);2*4H,1H2,2-3H3;2*1,3-4H2,2H3;/b2-1-;;;;;. The van der Waals surface area contributed by atoms with Gasteiger partial charge in [0, 0.05) is 12.2 Å². The Bertz CT molecular complexity index is 353. The number of rotatable bonds is 12. The molecule has 2 N–H and O–H groups in total. The second-order valence-electron chi connectivity index (χ2n) is 7.91. The summed E-state index contributed by atoms with van der Waals surface area (Å²) in [6.07, 6.45) is 6.95. The topological polar surface area (TPSA) is 74.6 Å². The molecule has 0 radical (unpaired) electrons. The van der Waals surface area contributed by atoms with Crippen molar-refractivity contribution in [3.8, 4) is 0 Å². The molecule has 0 aliphatic heterocycles. The zero-order valence-corrected chi connectivity index (χ0v) is 20.0. The molecule has 148 valence electrons. The molecular formula is C20H40O4Sn. The van der Waals surface area contributed by atoms with Crippen molar-refractivity contribution in [2.24, 2.45) is 11.8 Å². The van der Waals surface area contributed by atoms with Crippen LogP contribution in [0.4, 0.5) is 0 Å². The summed E-state index contributed by atoms with van der Waals surface area (Å²) >= 11 is -1.79. The van der Waals surface area contributed by atoms with E-state index in [1.807, 2.05) is 0 Å². The Morgan fingerprint density at radius 1 is 0.800 bits per heavy atom. The fourth-order valence-electron chi connectivity index (χ4n) is 3.59. The Hall–Kier alpha value is -0.521. The average molecular weight is 463 g/mol. The first-order chi connectivity index (χ1) is 11.6. The molecule has 0 saturated heterocycles. The van der Waals surface area contributed by atoms with Gasteiger partial charge in [0.1, 0.15) is 0 Å². The molecule has 0 spiro atoms. The molecule has 0 aromatic rings. The molecule has 4 nitrogen and oxygen atoms in total. The Morgan fingerprint density at radius 2 is 1.12 bits per heavy atom. The van der Waals surface area contributed by atoms with Crippen molar-refractivity contribution in [1.82, 2.24) is 0 Å². The summed E-state index contributed by atoms with van der Waals surface area (Å²) < 4.78 is 6.63. The van der Waals surface area contributed by atoms with E-state index in [2.05, 4.69) is 41.5 Å². The van der Waals surface area contributed by atoms with Gasteiger partial charge in [-0.05, 0) is 0 Å². The molecule has 5 heteroatoms. The van der Waals surface area contributed by atoms with Crippen LogP contribution in [0, 0.1) is 11.8 Å². The van der Waals surface area contributed by atoms with Crippen molar-refractivity contribution >= 4 is 30.3 Å². The first-order valence-electron chi connectivity index (χ1n) is 9.72.